The van der Waals surface area contributed by atoms with Crippen LogP contribution in [-0.4, -0.2) is 32.4 Å². The smallest absolute Gasteiger partial charge is 0.341 e. The summed E-state index contributed by atoms with van der Waals surface area (Å²) in [5, 5.41) is 13.7. The Morgan fingerprint density at radius 3 is 2.84 bits per heavy atom. The molecule has 31 heavy (non-hydrogen) atoms. The zero-order chi connectivity index (χ0) is 22.0. The number of halogens is 1. The van der Waals surface area contributed by atoms with Crippen molar-refractivity contribution in [3.05, 3.63) is 72.3 Å². The number of hydrogen-bond donors (Lipinski definition) is 2. The van der Waals surface area contributed by atoms with Gasteiger partial charge < -0.3 is 20.3 Å². The predicted octanol–water partition coefficient (Wildman–Crippen LogP) is 3.75. The van der Waals surface area contributed by atoms with E-state index >= 15 is 0 Å². The summed E-state index contributed by atoms with van der Waals surface area (Å²) in [4.78, 5) is 15.1. The minimum Gasteiger partial charge on any atom is -0.482 e. The number of carbonyl (C=O) groups is 1. The molecule has 4 rings (SSSR count). The molecule has 0 spiro atoms. The molecule has 1 atom stereocenters. The van der Waals surface area contributed by atoms with Gasteiger partial charge in [0.2, 0.25) is 0 Å². The zero-order valence-corrected chi connectivity index (χ0v) is 16.5. The van der Waals surface area contributed by atoms with Gasteiger partial charge in [-0.2, -0.15) is 5.10 Å². The predicted molar refractivity (Wildman–Crippen MR) is 112 cm³/mol. The van der Waals surface area contributed by atoms with Gasteiger partial charge in [-0.05, 0) is 55.5 Å². The molecule has 2 heterocycles. The van der Waals surface area contributed by atoms with Crippen molar-refractivity contribution in [1.82, 2.24) is 14.8 Å². The van der Waals surface area contributed by atoms with E-state index in [2.05, 4.69) is 10.1 Å². The molecule has 2 aromatic heterocycles. The molecule has 0 fully saturated rings. The van der Waals surface area contributed by atoms with E-state index < -0.39 is 18.7 Å². The highest BCUT2D eigenvalue weighted by atomic mass is 19.1. The largest absolute Gasteiger partial charge is 0.482 e. The third-order valence-electron chi connectivity index (χ3n) is 4.62. The lowest BCUT2D eigenvalue weighted by Crippen LogP contribution is -2.12. The molecule has 0 radical (unpaired) electrons. The number of carboxylic acids is 1. The number of rotatable bonds is 7. The van der Waals surface area contributed by atoms with E-state index in [1.165, 1.54) is 12.1 Å². The molecule has 0 aliphatic rings. The lowest BCUT2D eigenvalue weighted by Gasteiger charge is -2.20. The third-order valence-corrected chi connectivity index (χ3v) is 4.62. The summed E-state index contributed by atoms with van der Waals surface area (Å²) in [7, 11) is 0. The van der Waals surface area contributed by atoms with Gasteiger partial charge in [-0.1, -0.05) is 0 Å². The molecule has 0 saturated heterocycles. The molecule has 1 unspecified atom stereocenters. The Hall–Kier alpha value is -4.14. The number of benzene rings is 2. The first-order chi connectivity index (χ1) is 14.9. The fourth-order valence-corrected chi connectivity index (χ4v) is 3.20. The van der Waals surface area contributed by atoms with E-state index in [0.29, 0.717) is 28.0 Å². The highest BCUT2D eigenvalue weighted by Gasteiger charge is 2.18. The Morgan fingerprint density at radius 1 is 1.26 bits per heavy atom. The van der Waals surface area contributed by atoms with Crippen LogP contribution in [0.1, 0.15) is 18.6 Å². The fourth-order valence-electron chi connectivity index (χ4n) is 3.20. The third kappa shape index (κ3) is 4.40. The second-order valence-corrected chi connectivity index (χ2v) is 6.82. The Kier molecular flexibility index (Phi) is 5.40. The molecule has 0 bridgehead atoms. The number of fused-ring (bicyclic) bond motifs is 1. The van der Waals surface area contributed by atoms with Gasteiger partial charge in [0.1, 0.15) is 17.7 Å². The number of carboxylic acid groups (broad SMARTS) is 1. The van der Waals surface area contributed by atoms with Crippen molar-refractivity contribution in [3.63, 3.8) is 0 Å². The van der Waals surface area contributed by atoms with E-state index in [1.807, 2.05) is 0 Å². The van der Waals surface area contributed by atoms with E-state index in [1.54, 1.807) is 60.4 Å². The molecule has 9 heteroatoms. The number of nitrogens with two attached hydrogens (primary N) is 1. The number of aliphatic carboxylic acids is 1. The van der Waals surface area contributed by atoms with Gasteiger partial charge in [-0.15, -0.1) is 0 Å². The van der Waals surface area contributed by atoms with Gasteiger partial charge >= 0.3 is 5.97 Å². The van der Waals surface area contributed by atoms with Crippen LogP contribution < -0.4 is 15.2 Å². The van der Waals surface area contributed by atoms with Gasteiger partial charge in [0, 0.05) is 23.3 Å². The zero-order valence-electron chi connectivity index (χ0n) is 16.5. The van der Waals surface area contributed by atoms with E-state index in [4.69, 9.17) is 20.3 Å². The van der Waals surface area contributed by atoms with Crippen LogP contribution in [0.5, 0.6) is 11.5 Å². The molecule has 0 aliphatic heterocycles. The highest BCUT2D eigenvalue weighted by molar-refractivity contribution is 5.82. The number of pyridine rings is 1. The molecule has 2 aromatic carbocycles. The van der Waals surface area contributed by atoms with Crippen molar-refractivity contribution >= 4 is 22.7 Å². The summed E-state index contributed by atoms with van der Waals surface area (Å²) in [6.07, 6.45) is 2.88. The Morgan fingerprint density at radius 2 is 2.10 bits per heavy atom. The van der Waals surface area contributed by atoms with Crippen molar-refractivity contribution in [3.8, 4) is 17.2 Å². The van der Waals surface area contributed by atoms with Crippen LogP contribution >= 0.6 is 0 Å². The van der Waals surface area contributed by atoms with Gasteiger partial charge in [-0.25, -0.2) is 18.9 Å². The van der Waals surface area contributed by atoms with Crippen LogP contribution in [0.3, 0.4) is 0 Å². The SMILES string of the molecule is CC(Oc1cc2cc(F)ccc2nc1N)c1cc(OCC(=O)O)ccc1-n1cccn1. The van der Waals surface area contributed by atoms with Crippen molar-refractivity contribution in [2.75, 3.05) is 12.3 Å². The Labute approximate surface area is 176 Å². The van der Waals surface area contributed by atoms with Crippen molar-refractivity contribution < 1.29 is 23.8 Å². The summed E-state index contributed by atoms with van der Waals surface area (Å²) in [6, 6.07) is 12.7. The maximum absolute atomic E-state index is 13.6. The number of aromatic nitrogens is 3. The summed E-state index contributed by atoms with van der Waals surface area (Å²) in [5.74, 6) is -0.624. The monoisotopic (exact) mass is 422 g/mol. The Balaban J connectivity index is 1.70. The summed E-state index contributed by atoms with van der Waals surface area (Å²) < 4.78 is 26.7. The molecule has 158 valence electrons. The summed E-state index contributed by atoms with van der Waals surface area (Å²) >= 11 is 0. The first-order valence-corrected chi connectivity index (χ1v) is 9.41. The molecule has 3 N–H and O–H groups in total. The number of ether oxygens (including phenoxy) is 2. The first kappa shape index (κ1) is 20.1. The molecule has 0 aliphatic carbocycles. The fraction of sp³-hybridized carbons (Fsp3) is 0.136. The second kappa shape index (κ2) is 8.31. The number of nitrogen functional groups attached to an aromatic ring is 1. The van der Waals surface area contributed by atoms with Crippen LogP contribution in [0.15, 0.2) is 60.9 Å². The van der Waals surface area contributed by atoms with E-state index in [-0.39, 0.29) is 11.6 Å². The van der Waals surface area contributed by atoms with Crippen molar-refractivity contribution in [2.24, 2.45) is 0 Å². The molecule has 0 saturated carbocycles. The highest BCUT2D eigenvalue weighted by Crippen LogP contribution is 2.33. The maximum Gasteiger partial charge on any atom is 0.341 e. The second-order valence-electron chi connectivity index (χ2n) is 6.82. The average Bonchev–Trinajstić information content (AvgIpc) is 3.27. The first-order valence-electron chi connectivity index (χ1n) is 9.41. The summed E-state index contributed by atoms with van der Waals surface area (Å²) in [5.41, 5.74) is 8.02. The van der Waals surface area contributed by atoms with Crippen molar-refractivity contribution in [1.29, 1.82) is 0 Å². The molecule has 8 nitrogen and oxygen atoms in total. The van der Waals surface area contributed by atoms with Gasteiger partial charge in [0.25, 0.3) is 0 Å². The lowest BCUT2D eigenvalue weighted by molar-refractivity contribution is -0.139. The standard InChI is InChI=1S/C22H19FN4O4/c1-13(31-20-10-14-9-15(23)3-5-18(14)26-22(20)24)17-11-16(30-12-21(28)29)4-6-19(17)27-8-2-7-25-27/h2-11,13H,12H2,1H3,(H2,24,26)(H,28,29). The quantitative estimate of drug-likeness (QED) is 0.466. The molecule has 4 aromatic rings. The van der Waals surface area contributed by atoms with Crippen LogP contribution in [0, 0.1) is 5.82 Å². The number of anilines is 1. The minimum atomic E-state index is -1.08. The molecular weight excluding hydrogens is 403 g/mol. The minimum absolute atomic E-state index is 0.171. The molecule has 0 amide bonds. The van der Waals surface area contributed by atoms with Crippen LogP contribution in [-0.2, 0) is 4.79 Å². The van der Waals surface area contributed by atoms with E-state index in [9.17, 15) is 9.18 Å². The van der Waals surface area contributed by atoms with Gasteiger partial charge in [0.05, 0.1) is 11.2 Å². The molecular formula is C22H19FN4O4. The lowest BCUT2D eigenvalue weighted by atomic mass is 10.1. The van der Waals surface area contributed by atoms with E-state index in [0.717, 1.165) is 5.69 Å². The van der Waals surface area contributed by atoms with Crippen LogP contribution in [0.2, 0.25) is 0 Å². The van der Waals surface area contributed by atoms with Gasteiger partial charge in [0.15, 0.2) is 18.2 Å². The van der Waals surface area contributed by atoms with Crippen LogP contribution in [0.4, 0.5) is 10.2 Å². The normalized spacial score (nSPS) is 11.9. The van der Waals surface area contributed by atoms with Crippen molar-refractivity contribution in [2.45, 2.75) is 13.0 Å². The van der Waals surface area contributed by atoms with Gasteiger partial charge in [-0.3, -0.25) is 0 Å². The number of hydrogen-bond acceptors (Lipinski definition) is 6. The Bertz CT molecular complexity index is 1240. The topological polar surface area (TPSA) is 112 Å². The maximum atomic E-state index is 13.6. The number of nitrogens with zero attached hydrogens (tertiary/aromatic N) is 3. The average molecular weight is 422 g/mol. The summed E-state index contributed by atoms with van der Waals surface area (Å²) in [6.45, 7) is 1.33. The van der Waals surface area contributed by atoms with Crippen LogP contribution in [0.25, 0.3) is 16.6 Å².